The zero-order chi connectivity index (χ0) is 7.28. The van der Waals surface area contributed by atoms with E-state index < -0.39 is 0 Å². The monoisotopic (exact) mass is 166 g/mol. The van der Waals surface area contributed by atoms with Crippen LogP contribution in [0.1, 0.15) is 13.3 Å². The Bertz CT molecular complexity index is 125. The Labute approximate surface area is 64.6 Å². The normalized spacial score (nSPS) is 11.7. The van der Waals surface area contributed by atoms with Crippen molar-refractivity contribution in [2.45, 2.75) is 13.3 Å². The molecule has 0 aliphatic heterocycles. The van der Waals surface area contributed by atoms with Crippen LogP contribution in [0.2, 0.25) is 0 Å². The van der Waals surface area contributed by atoms with Crippen molar-refractivity contribution in [3.05, 3.63) is 11.1 Å². The number of halogens is 2. The molecule has 9 heavy (non-hydrogen) atoms. The lowest BCUT2D eigenvalue weighted by Gasteiger charge is -1.86. The Morgan fingerprint density at radius 3 is 2.56 bits per heavy atom. The van der Waals surface area contributed by atoms with E-state index in [2.05, 4.69) is 0 Å². The van der Waals surface area contributed by atoms with E-state index in [1.807, 2.05) is 0 Å². The molecule has 0 atom stereocenters. The Morgan fingerprint density at radius 1 is 1.67 bits per heavy atom. The Balaban J connectivity index is 3.63. The summed E-state index contributed by atoms with van der Waals surface area (Å²) in [6.45, 7) is 1.66. The molecule has 0 aromatic heterocycles. The quantitative estimate of drug-likeness (QED) is 0.465. The maximum absolute atomic E-state index is 10.6. The number of hydrogen-bond acceptors (Lipinski definition) is 1. The van der Waals surface area contributed by atoms with Crippen LogP contribution in [0.15, 0.2) is 11.1 Å². The van der Waals surface area contributed by atoms with Gasteiger partial charge in [0.1, 0.15) is 0 Å². The molecule has 0 saturated carbocycles. The zero-order valence-electron chi connectivity index (χ0n) is 5.16. The molecule has 0 amide bonds. The van der Waals surface area contributed by atoms with E-state index in [0.29, 0.717) is 17.3 Å². The molecule has 0 N–H and O–H groups in total. The highest BCUT2D eigenvalue weighted by molar-refractivity contribution is 6.30. The van der Waals surface area contributed by atoms with Gasteiger partial charge in [0.15, 0.2) is 5.78 Å². The van der Waals surface area contributed by atoms with Crippen molar-refractivity contribution < 1.29 is 4.79 Å². The third-order valence-electron chi connectivity index (χ3n) is 0.701. The molecule has 0 aromatic rings. The molecule has 0 radical (unpaired) electrons. The van der Waals surface area contributed by atoms with Gasteiger partial charge in [0.05, 0.1) is 0 Å². The molecule has 52 valence electrons. The summed E-state index contributed by atoms with van der Waals surface area (Å²) in [6, 6.07) is 0. The van der Waals surface area contributed by atoms with Gasteiger partial charge >= 0.3 is 0 Å². The van der Waals surface area contributed by atoms with E-state index in [9.17, 15) is 4.79 Å². The lowest BCUT2D eigenvalue weighted by atomic mass is 10.3. The average molecular weight is 167 g/mol. The summed E-state index contributed by atoms with van der Waals surface area (Å²) in [5.41, 5.74) is 0. The first-order chi connectivity index (χ1) is 4.16. The summed E-state index contributed by atoms with van der Waals surface area (Å²) in [7, 11) is 0. The molecule has 0 unspecified atom stereocenters. The summed E-state index contributed by atoms with van der Waals surface area (Å²) in [6.07, 6.45) is 1.75. The van der Waals surface area contributed by atoms with Crippen molar-refractivity contribution in [1.82, 2.24) is 0 Å². The van der Waals surface area contributed by atoms with Crippen LogP contribution in [-0.4, -0.2) is 11.7 Å². The molecule has 0 aliphatic carbocycles. The van der Waals surface area contributed by atoms with E-state index >= 15 is 0 Å². The van der Waals surface area contributed by atoms with E-state index in [4.69, 9.17) is 23.2 Å². The van der Waals surface area contributed by atoms with Gasteiger partial charge in [-0.05, 0) is 13.0 Å². The van der Waals surface area contributed by atoms with Gasteiger partial charge in [-0.2, -0.15) is 0 Å². The Hall–Kier alpha value is -0.0100. The molecular weight excluding hydrogens is 159 g/mol. The van der Waals surface area contributed by atoms with Crippen LogP contribution < -0.4 is 0 Å². The fraction of sp³-hybridized carbons (Fsp3) is 0.500. The van der Waals surface area contributed by atoms with Crippen LogP contribution >= 0.6 is 23.2 Å². The van der Waals surface area contributed by atoms with Gasteiger partial charge in [0.25, 0.3) is 0 Å². The molecule has 0 spiro atoms. The molecule has 1 nitrogen and oxygen atoms in total. The van der Waals surface area contributed by atoms with Gasteiger partial charge in [0.2, 0.25) is 0 Å². The summed E-state index contributed by atoms with van der Waals surface area (Å²) >= 11 is 10.7. The van der Waals surface area contributed by atoms with Crippen molar-refractivity contribution in [2.75, 3.05) is 5.88 Å². The highest BCUT2D eigenvalue weighted by Crippen LogP contribution is 1.99. The fourth-order valence-corrected chi connectivity index (χ4v) is 0.695. The van der Waals surface area contributed by atoms with E-state index in [1.54, 1.807) is 6.92 Å². The minimum atomic E-state index is -0.0162. The van der Waals surface area contributed by atoms with Crippen molar-refractivity contribution in [1.29, 1.82) is 0 Å². The minimum absolute atomic E-state index is 0.0162. The summed E-state index contributed by atoms with van der Waals surface area (Å²) in [5, 5.41) is 0.505. The number of carbonyl (C=O) groups excluding carboxylic acids is 1. The highest BCUT2D eigenvalue weighted by Gasteiger charge is 1.94. The van der Waals surface area contributed by atoms with Gasteiger partial charge in [0, 0.05) is 17.3 Å². The van der Waals surface area contributed by atoms with Crippen molar-refractivity contribution >= 4 is 29.0 Å². The van der Waals surface area contributed by atoms with Gasteiger partial charge in [-0.15, -0.1) is 11.6 Å². The smallest absolute Gasteiger partial charge is 0.158 e. The number of allylic oxidation sites excluding steroid dienone is 2. The minimum Gasteiger partial charge on any atom is -0.295 e. The molecule has 0 fully saturated rings. The summed E-state index contributed by atoms with van der Waals surface area (Å²) in [4.78, 5) is 10.6. The molecule has 0 rings (SSSR count). The van der Waals surface area contributed by atoms with Gasteiger partial charge in [-0.25, -0.2) is 0 Å². The highest BCUT2D eigenvalue weighted by atomic mass is 35.5. The first-order valence-electron chi connectivity index (χ1n) is 2.59. The van der Waals surface area contributed by atoms with Crippen LogP contribution in [-0.2, 0) is 4.79 Å². The molecule has 3 heteroatoms. The van der Waals surface area contributed by atoms with Crippen molar-refractivity contribution in [2.24, 2.45) is 0 Å². The second-order valence-corrected chi connectivity index (χ2v) is 2.61. The zero-order valence-corrected chi connectivity index (χ0v) is 6.67. The number of ketones is 1. The van der Waals surface area contributed by atoms with Crippen LogP contribution in [0.5, 0.6) is 0 Å². The van der Waals surface area contributed by atoms with Gasteiger partial charge < -0.3 is 0 Å². The predicted molar refractivity (Wildman–Crippen MR) is 40.0 cm³/mol. The third kappa shape index (κ3) is 5.87. The summed E-state index contributed by atoms with van der Waals surface area (Å²) < 4.78 is 0. The van der Waals surface area contributed by atoms with Gasteiger partial charge in [-0.3, -0.25) is 4.79 Å². The Kier molecular flexibility index (Phi) is 4.83. The SMILES string of the molecule is C/C(Cl)=C/C(=O)CCCl. The van der Waals surface area contributed by atoms with Crippen molar-refractivity contribution in [3.8, 4) is 0 Å². The number of rotatable bonds is 3. The third-order valence-corrected chi connectivity index (χ3v) is 0.999. The largest absolute Gasteiger partial charge is 0.295 e. The topological polar surface area (TPSA) is 17.1 Å². The van der Waals surface area contributed by atoms with E-state index in [-0.39, 0.29) is 5.78 Å². The van der Waals surface area contributed by atoms with Crippen LogP contribution in [0.3, 0.4) is 0 Å². The standard InChI is InChI=1S/C6H8Cl2O/c1-5(8)4-6(9)2-3-7/h4H,2-3H2,1H3/b5-4-. The number of alkyl halides is 1. The summed E-state index contributed by atoms with van der Waals surface area (Å²) in [5.74, 6) is 0.344. The molecule has 0 aliphatic rings. The predicted octanol–water partition coefficient (Wildman–Crippen LogP) is 2.33. The lowest BCUT2D eigenvalue weighted by molar-refractivity contribution is -0.114. The fourth-order valence-electron chi connectivity index (χ4n) is 0.387. The van der Waals surface area contributed by atoms with E-state index in [1.165, 1.54) is 6.08 Å². The number of hydrogen-bond donors (Lipinski definition) is 0. The maximum Gasteiger partial charge on any atom is 0.158 e. The molecule has 0 saturated heterocycles. The van der Waals surface area contributed by atoms with Crippen LogP contribution in [0, 0.1) is 0 Å². The Morgan fingerprint density at radius 2 is 2.22 bits per heavy atom. The first-order valence-corrected chi connectivity index (χ1v) is 3.50. The maximum atomic E-state index is 10.6. The van der Waals surface area contributed by atoms with Gasteiger partial charge in [-0.1, -0.05) is 11.6 Å². The first kappa shape index (κ1) is 8.99. The average Bonchev–Trinajstić information content (AvgIpc) is 1.63. The van der Waals surface area contributed by atoms with Crippen molar-refractivity contribution in [3.63, 3.8) is 0 Å². The number of carbonyl (C=O) groups is 1. The molecular formula is C6H8Cl2O. The molecule has 0 bridgehead atoms. The van der Waals surface area contributed by atoms with Crippen LogP contribution in [0.4, 0.5) is 0 Å². The molecule has 0 heterocycles. The second kappa shape index (κ2) is 4.83. The second-order valence-electron chi connectivity index (χ2n) is 1.64. The van der Waals surface area contributed by atoms with E-state index in [0.717, 1.165) is 0 Å². The van der Waals surface area contributed by atoms with Crippen LogP contribution in [0.25, 0.3) is 0 Å². The molecule has 0 aromatic carbocycles. The lowest BCUT2D eigenvalue weighted by Crippen LogP contribution is -1.92.